The van der Waals surface area contributed by atoms with Crippen LogP contribution >= 0.6 is 43.5 Å². The van der Waals surface area contributed by atoms with Crippen molar-refractivity contribution < 1.29 is 9.53 Å². The molecule has 0 aliphatic rings. The first-order valence-corrected chi connectivity index (χ1v) is 7.58. The molecule has 0 spiro atoms. The number of nitrogens with one attached hydrogen (secondary N) is 1. The second-order valence-corrected chi connectivity index (χ2v) is 6.05. The minimum absolute atomic E-state index is 0.298. The SMILES string of the molecule is COc1ccc(Br)cc1NC(=O)c1cccc(Br)c1Cl. The van der Waals surface area contributed by atoms with E-state index in [1.54, 1.807) is 37.4 Å². The number of methoxy groups -OCH3 is 1. The fourth-order valence-electron chi connectivity index (χ4n) is 1.65. The molecule has 0 aliphatic heterocycles. The van der Waals surface area contributed by atoms with Gasteiger partial charge in [-0.15, -0.1) is 0 Å². The van der Waals surface area contributed by atoms with Gasteiger partial charge in [0.25, 0.3) is 5.91 Å². The van der Waals surface area contributed by atoms with Crippen molar-refractivity contribution in [2.24, 2.45) is 0 Å². The Balaban J connectivity index is 2.32. The first kappa shape index (κ1) is 15.4. The van der Waals surface area contributed by atoms with E-state index in [2.05, 4.69) is 37.2 Å². The number of hydrogen-bond donors (Lipinski definition) is 1. The van der Waals surface area contributed by atoms with E-state index in [0.717, 1.165) is 4.47 Å². The Morgan fingerprint density at radius 1 is 1.25 bits per heavy atom. The molecule has 0 bridgehead atoms. The minimum Gasteiger partial charge on any atom is -0.495 e. The summed E-state index contributed by atoms with van der Waals surface area (Å²) in [6.07, 6.45) is 0. The molecule has 2 rings (SSSR count). The van der Waals surface area contributed by atoms with E-state index in [4.69, 9.17) is 16.3 Å². The average Bonchev–Trinajstić information content (AvgIpc) is 2.42. The predicted octanol–water partition coefficient (Wildman–Crippen LogP) is 5.13. The van der Waals surface area contributed by atoms with Gasteiger partial charge in [0.05, 0.1) is 23.4 Å². The first-order valence-electron chi connectivity index (χ1n) is 5.62. The summed E-state index contributed by atoms with van der Waals surface area (Å²) < 4.78 is 6.73. The number of amides is 1. The molecule has 1 N–H and O–H groups in total. The van der Waals surface area contributed by atoms with Crippen LogP contribution in [0.4, 0.5) is 5.69 Å². The van der Waals surface area contributed by atoms with Gasteiger partial charge in [0.15, 0.2) is 0 Å². The molecule has 2 aromatic carbocycles. The summed E-state index contributed by atoms with van der Waals surface area (Å²) in [7, 11) is 1.55. The third-order valence-corrected chi connectivity index (χ3v) is 4.40. The average molecular weight is 420 g/mol. The van der Waals surface area contributed by atoms with E-state index in [9.17, 15) is 4.79 Å². The summed E-state index contributed by atoms with van der Waals surface area (Å²) in [6.45, 7) is 0. The van der Waals surface area contributed by atoms with Crippen molar-refractivity contribution in [3.63, 3.8) is 0 Å². The highest BCUT2D eigenvalue weighted by Crippen LogP contribution is 2.30. The highest BCUT2D eigenvalue weighted by atomic mass is 79.9. The van der Waals surface area contributed by atoms with Gasteiger partial charge in [-0.25, -0.2) is 0 Å². The Hall–Kier alpha value is -1.04. The lowest BCUT2D eigenvalue weighted by molar-refractivity contribution is 0.102. The Kier molecular flexibility index (Phi) is 5.07. The van der Waals surface area contributed by atoms with Crippen LogP contribution in [-0.4, -0.2) is 13.0 Å². The Morgan fingerprint density at radius 2 is 2.00 bits per heavy atom. The summed E-state index contributed by atoms with van der Waals surface area (Å²) >= 11 is 12.8. The summed E-state index contributed by atoms with van der Waals surface area (Å²) in [6, 6.07) is 10.6. The monoisotopic (exact) mass is 417 g/mol. The number of benzene rings is 2. The normalized spacial score (nSPS) is 10.2. The molecule has 20 heavy (non-hydrogen) atoms. The summed E-state index contributed by atoms with van der Waals surface area (Å²) in [5, 5.41) is 3.16. The molecule has 0 aromatic heterocycles. The quantitative estimate of drug-likeness (QED) is 0.749. The number of carbonyl (C=O) groups excluding carboxylic acids is 1. The molecule has 0 unspecified atom stereocenters. The zero-order chi connectivity index (χ0) is 14.7. The van der Waals surface area contributed by atoms with Crippen molar-refractivity contribution in [2.45, 2.75) is 0 Å². The lowest BCUT2D eigenvalue weighted by atomic mass is 10.2. The lowest BCUT2D eigenvalue weighted by Crippen LogP contribution is -2.13. The molecular weight excluding hydrogens is 409 g/mol. The zero-order valence-electron chi connectivity index (χ0n) is 10.4. The Labute approximate surface area is 138 Å². The molecule has 6 heteroatoms. The van der Waals surface area contributed by atoms with Gasteiger partial charge in [-0.05, 0) is 46.3 Å². The molecule has 0 heterocycles. The van der Waals surface area contributed by atoms with E-state index in [0.29, 0.717) is 26.5 Å². The van der Waals surface area contributed by atoms with E-state index in [-0.39, 0.29) is 5.91 Å². The van der Waals surface area contributed by atoms with Gasteiger partial charge < -0.3 is 10.1 Å². The molecule has 0 fully saturated rings. The Morgan fingerprint density at radius 3 is 2.70 bits per heavy atom. The number of anilines is 1. The fourth-order valence-corrected chi connectivity index (χ4v) is 2.59. The van der Waals surface area contributed by atoms with Gasteiger partial charge in [-0.2, -0.15) is 0 Å². The maximum absolute atomic E-state index is 12.3. The highest BCUT2D eigenvalue weighted by Gasteiger charge is 2.14. The maximum Gasteiger partial charge on any atom is 0.257 e. The van der Waals surface area contributed by atoms with E-state index < -0.39 is 0 Å². The molecule has 2 aromatic rings. The standard InChI is InChI=1S/C14H10Br2ClNO2/c1-20-12-6-5-8(15)7-11(12)18-14(19)9-3-2-4-10(16)13(9)17/h2-7H,1H3,(H,18,19). The van der Waals surface area contributed by atoms with Crippen LogP contribution in [0.25, 0.3) is 0 Å². The predicted molar refractivity (Wildman–Crippen MR) is 87.8 cm³/mol. The van der Waals surface area contributed by atoms with Gasteiger partial charge in [0, 0.05) is 8.95 Å². The number of halogens is 3. The van der Waals surface area contributed by atoms with Crippen molar-refractivity contribution in [1.29, 1.82) is 0 Å². The smallest absolute Gasteiger partial charge is 0.257 e. The summed E-state index contributed by atoms with van der Waals surface area (Å²) in [5.41, 5.74) is 0.964. The lowest BCUT2D eigenvalue weighted by Gasteiger charge is -2.11. The zero-order valence-corrected chi connectivity index (χ0v) is 14.3. The van der Waals surface area contributed by atoms with Crippen molar-refractivity contribution >= 4 is 55.1 Å². The number of ether oxygens (including phenoxy) is 1. The van der Waals surface area contributed by atoms with Crippen molar-refractivity contribution in [2.75, 3.05) is 12.4 Å². The van der Waals surface area contributed by atoms with Gasteiger partial charge in [-0.3, -0.25) is 4.79 Å². The molecule has 0 radical (unpaired) electrons. The van der Waals surface area contributed by atoms with Gasteiger partial charge >= 0.3 is 0 Å². The van der Waals surface area contributed by atoms with E-state index >= 15 is 0 Å². The van der Waals surface area contributed by atoms with Gasteiger partial charge in [0.2, 0.25) is 0 Å². The molecule has 0 saturated carbocycles. The molecular formula is C14H10Br2ClNO2. The Bertz CT molecular complexity index is 662. The molecule has 1 amide bonds. The molecule has 0 aliphatic carbocycles. The van der Waals surface area contributed by atoms with Crippen LogP contribution in [0.3, 0.4) is 0 Å². The van der Waals surface area contributed by atoms with Gasteiger partial charge in [0.1, 0.15) is 5.75 Å². The van der Waals surface area contributed by atoms with Gasteiger partial charge in [-0.1, -0.05) is 33.6 Å². The maximum atomic E-state index is 12.3. The van der Waals surface area contributed by atoms with E-state index in [1.165, 1.54) is 0 Å². The highest BCUT2D eigenvalue weighted by molar-refractivity contribution is 9.10. The van der Waals surface area contributed by atoms with Crippen LogP contribution in [0, 0.1) is 0 Å². The number of hydrogen-bond acceptors (Lipinski definition) is 2. The second kappa shape index (κ2) is 6.61. The van der Waals surface area contributed by atoms with Crippen molar-refractivity contribution in [3.05, 3.63) is 55.9 Å². The van der Waals surface area contributed by atoms with E-state index in [1.807, 2.05) is 6.07 Å². The second-order valence-electron chi connectivity index (χ2n) is 3.90. The molecule has 104 valence electrons. The molecule has 0 atom stereocenters. The summed E-state index contributed by atoms with van der Waals surface area (Å²) in [5.74, 6) is 0.278. The third kappa shape index (κ3) is 3.34. The molecule has 0 saturated heterocycles. The first-order chi connectivity index (χ1) is 9.52. The topological polar surface area (TPSA) is 38.3 Å². The van der Waals surface area contributed by atoms with Crippen LogP contribution in [0.15, 0.2) is 45.3 Å². The number of carbonyl (C=O) groups is 1. The van der Waals surface area contributed by atoms with Crippen LogP contribution < -0.4 is 10.1 Å². The van der Waals surface area contributed by atoms with Crippen LogP contribution in [0.1, 0.15) is 10.4 Å². The minimum atomic E-state index is -0.298. The van der Waals surface area contributed by atoms with Crippen LogP contribution in [0.5, 0.6) is 5.75 Å². The van der Waals surface area contributed by atoms with Crippen LogP contribution in [-0.2, 0) is 0 Å². The largest absolute Gasteiger partial charge is 0.495 e. The third-order valence-electron chi connectivity index (χ3n) is 2.61. The van der Waals surface area contributed by atoms with Crippen molar-refractivity contribution in [1.82, 2.24) is 0 Å². The molecule has 3 nitrogen and oxygen atoms in total. The van der Waals surface area contributed by atoms with Crippen molar-refractivity contribution in [3.8, 4) is 5.75 Å². The fraction of sp³-hybridized carbons (Fsp3) is 0.0714. The van der Waals surface area contributed by atoms with Crippen LogP contribution in [0.2, 0.25) is 5.02 Å². The summed E-state index contributed by atoms with van der Waals surface area (Å²) in [4.78, 5) is 12.3. The number of rotatable bonds is 3.